The number of rotatable bonds is 5. The van der Waals surface area contributed by atoms with Gasteiger partial charge in [0.2, 0.25) is 11.9 Å². The van der Waals surface area contributed by atoms with Crippen LogP contribution in [-0.4, -0.2) is 72.3 Å². The Labute approximate surface area is 122 Å². The molecule has 0 bridgehead atoms. The monoisotopic (exact) mass is 297 g/mol. The van der Waals surface area contributed by atoms with Gasteiger partial charge in [-0.2, -0.15) is 9.97 Å². The van der Waals surface area contributed by atoms with Gasteiger partial charge in [-0.3, -0.25) is 4.79 Å². The molecular weight excluding hydrogens is 278 g/mol. The van der Waals surface area contributed by atoms with Crippen molar-refractivity contribution >= 4 is 11.9 Å². The first-order valence-corrected chi connectivity index (χ1v) is 6.61. The molecule has 2 heterocycles. The maximum absolute atomic E-state index is 12.3. The zero-order chi connectivity index (χ0) is 15.2. The van der Waals surface area contributed by atoms with Crippen molar-refractivity contribution in [3.63, 3.8) is 0 Å². The lowest BCUT2D eigenvalue weighted by molar-refractivity contribution is -0.135. The number of hydrogen-bond donors (Lipinski definition) is 1. The maximum Gasteiger partial charge on any atom is 0.324 e. The van der Waals surface area contributed by atoms with Crippen molar-refractivity contribution in [2.24, 2.45) is 0 Å². The number of carbonyl (C=O) groups is 1. The van der Waals surface area contributed by atoms with Crippen LogP contribution in [0.2, 0.25) is 0 Å². The molecule has 1 fully saturated rings. The Balaban J connectivity index is 2.04. The van der Waals surface area contributed by atoms with Gasteiger partial charge in [-0.1, -0.05) is 0 Å². The van der Waals surface area contributed by atoms with E-state index in [0.29, 0.717) is 26.3 Å². The fourth-order valence-corrected chi connectivity index (χ4v) is 1.90. The van der Waals surface area contributed by atoms with Gasteiger partial charge in [-0.25, -0.2) is 0 Å². The third-order valence-corrected chi connectivity index (χ3v) is 3.00. The normalized spacial score (nSPS) is 16.2. The van der Waals surface area contributed by atoms with Crippen molar-refractivity contribution in [1.29, 1.82) is 0 Å². The van der Waals surface area contributed by atoms with Crippen LogP contribution in [0.1, 0.15) is 6.92 Å². The molecule has 1 aromatic heterocycles. The third kappa shape index (κ3) is 3.91. The fourth-order valence-electron chi connectivity index (χ4n) is 1.90. The fraction of sp³-hybridized carbons (Fsp3) is 0.667. The summed E-state index contributed by atoms with van der Waals surface area (Å²) in [6.07, 6.45) is 0. The number of amides is 1. The smallest absolute Gasteiger partial charge is 0.324 e. The van der Waals surface area contributed by atoms with Crippen LogP contribution in [0.15, 0.2) is 0 Å². The number of nitrogens with one attached hydrogen (secondary N) is 1. The Morgan fingerprint density at radius 3 is 2.29 bits per heavy atom. The van der Waals surface area contributed by atoms with E-state index in [0.717, 1.165) is 0 Å². The molecule has 2 rings (SSSR count). The van der Waals surface area contributed by atoms with Gasteiger partial charge in [0.25, 0.3) is 0 Å². The Hall–Kier alpha value is -2.16. The SMILES string of the molecule is COc1nc(NC(C)C(=O)N2CCOCC2)nc(OC)n1. The van der Waals surface area contributed by atoms with E-state index < -0.39 is 6.04 Å². The van der Waals surface area contributed by atoms with E-state index in [9.17, 15) is 4.79 Å². The topological polar surface area (TPSA) is 98.7 Å². The van der Waals surface area contributed by atoms with Gasteiger partial charge in [0.15, 0.2) is 0 Å². The van der Waals surface area contributed by atoms with Gasteiger partial charge < -0.3 is 24.4 Å². The largest absolute Gasteiger partial charge is 0.467 e. The van der Waals surface area contributed by atoms with Gasteiger partial charge in [-0.15, -0.1) is 4.98 Å². The lowest BCUT2D eigenvalue weighted by Crippen LogP contribution is -2.47. The van der Waals surface area contributed by atoms with Crippen molar-refractivity contribution < 1.29 is 19.0 Å². The summed E-state index contributed by atoms with van der Waals surface area (Å²) < 4.78 is 15.2. The highest BCUT2D eigenvalue weighted by Gasteiger charge is 2.23. The number of nitrogens with zero attached hydrogens (tertiary/aromatic N) is 4. The van der Waals surface area contributed by atoms with E-state index in [4.69, 9.17) is 14.2 Å². The van der Waals surface area contributed by atoms with Gasteiger partial charge in [-0.05, 0) is 6.92 Å². The van der Waals surface area contributed by atoms with Gasteiger partial charge >= 0.3 is 12.0 Å². The molecule has 1 unspecified atom stereocenters. The van der Waals surface area contributed by atoms with Gasteiger partial charge in [0, 0.05) is 13.1 Å². The summed E-state index contributed by atoms with van der Waals surface area (Å²) >= 11 is 0. The number of carbonyl (C=O) groups excluding carboxylic acids is 1. The van der Waals surface area contributed by atoms with E-state index in [2.05, 4.69) is 20.3 Å². The maximum atomic E-state index is 12.3. The number of anilines is 1. The number of ether oxygens (including phenoxy) is 3. The summed E-state index contributed by atoms with van der Waals surface area (Å²) in [5.74, 6) is 0.199. The van der Waals surface area contributed by atoms with E-state index in [1.807, 2.05) is 0 Å². The van der Waals surface area contributed by atoms with E-state index >= 15 is 0 Å². The predicted molar refractivity (Wildman–Crippen MR) is 73.4 cm³/mol. The molecule has 21 heavy (non-hydrogen) atoms. The van der Waals surface area contributed by atoms with Crippen molar-refractivity contribution in [3.05, 3.63) is 0 Å². The highest BCUT2D eigenvalue weighted by Crippen LogP contribution is 2.13. The predicted octanol–water partition coefficient (Wildman–Crippen LogP) is -0.452. The summed E-state index contributed by atoms with van der Waals surface area (Å²) in [6.45, 7) is 4.06. The summed E-state index contributed by atoms with van der Waals surface area (Å²) in [4.78, 5) is 26.0. The molecule has 1 aliphatic heterocycles. The first-order valence-electron chi connectivity index (χ1n) is 6.61. The second-order valence-corrected chi connectivity index (χ2v) is 4.44. The molecule has 1 N–H and O–H groups in total. The van der Waals surface area contributed by atoms with Crippen LogP contribution in [-0.2, 0) is 9.53 Å². The molecule has 116 valence electrons. The Morgan fingerprint density at radius 2 is 1.76 bits per heavy atom. The highest BCUT2D eigenvalue weighted by atomic mass is 16.5. The van der Waals surface area contributed by atoms with E-state index in [-0.39, 0.29) is 23.9 Å². The molecule has 9 nitrogen and oxygen atoms in total. The molecular formula is C12H19N5O4. The van der Waals surface area contributed by atoms with Crippen molar-refractivity contribution in [2.75, 3.05) is 45.8 Å². The molecule has 0 aromatic carbocycles. The quantitative estimate of drug-likeness (QED) is 0.780. The minimum Gasteiger partial charge on any atom is -0.467 e. The zero-order valence-corrected chi connectivity index (χ0v) is 12.3. The van der Waals surface area contributed by atoms with Crippen molar-refractivity contribution in [2.45, 2.75) is 13.0 Å². The van der Waals surface area contributed by atoms with Crippen molar-refractivity contribution in [3.8, 4) is 12.0 Å². The number of hydrogen-bond acceptors (Lipinski definition) is 8. The summed E-state index contributed by atoms with van der Waals surface area (Å²) in [5.41, 5.74) is 0. The molecule has 1 aromatic rings. The first-order chi connectivity index (χ1) is 10.1. The Bertz CT molecular complexity index is 470. The first kappa shape index (κ1) is 15.2. The van der Waals surface area contributed by atoms with Crippen LogP contribution in [0.25, 0.3) is 0 Å². The summed E-state index contributed by atoms with van der Waals surface area (Å²) in [6, 6.07) is -0.231. The van der Waals surface area contributed by atoms with E-state index in [1.54, 1.807) is 11.8 Å². The molecule has 1 amide bonds. The van der Waals surface area contributed by atoms with Crippen molar-refractivity contribution in [1.82, 2.24) is 19.9 Å². The molecule has 0 saturated carbocycles. The Morgan fingerprint density at radius 1 is 1.19 bits per heavy atom. The van der Waals surface area contributed by atoms with Gasteiger partial charge in [0.05, 0.1) is 27.4 Å². The van der Waals surface area contributed by atoms with Crippen LogP contribution < -0.4 is 14.8 Å². The second-order valence-electron chi connectivity index (χ2n) is 4.44. The van der Waals surface area contributed by atoms with Crippen LogP contribution >= 0.6 is 0 Å². The second kappa shape index (κ2) is 7.02. The average Bonchev–Trinajstić information content (AvgIpc) is 2.54. The molecule has 0 radical (unpaired) electrons. The highest BCUT2D eigenvalue weighted by molar-refractivity contribution is 5.83. The van der Waals surface area contributed by atoms with Crippen LogP contribution in [0, 0.1) is 0 Å². The van der Waals surface area contributed by atoms with Crippen LogP contribution in [0.4, 0.5) is 5.95 Å². The summed E-state index contributed by atoms with van der Waals surface area (Å²) in [7, 11) is 2.89. The Kier molecular flexibility index (Phi) is 5.09. The number of methoxy groups -OCH3 is 2. The minimum atomic E-state index is -0.472. The minimum absolute atomic E-state index is 0.0309. The lowest BCUT2D eigenvalue weighted by atomic mass is 10.2. The summed E-state index contributed by atoms with van der Waals surface area (Å²) in [5, 5.41) is 2.93. The molecule has 1 atom stereocenters. The standard InChI is InChI=1S/C12H19N5O4/c1-8(9(18)17-4-6-21-7-5-17)13-10-14-11(19-2)16-12(15-10)20-3/h8H,4-7H2,1-3H3,(H,13,14,15,16). The molecule has 0 aliphatic carbocycles. The lowest BCUT2D eigenvalue weighted by Gasteiger charge is -2.29. The molecule has 9 heteroatoms. The average molecular weight is 297 g/mol. The van der Waals surface area contributed by atoms with Gasteiger partial charge in [0.1, 0.15) is 6.04 Å². The van der Waals surface area contributed by atoms with E-state index in [1.165, 1.54) is 14.2 Å². The zero-order valence-electron chi connectivity index (χ0n) is 12.3. The number of morpholine rings is 1. The molecule has 1 saturated heterocycles. The van der Waals surface area contributed by atoms with Crippen LogP contribution in [0.5, 0.6) is 12.0 Å². The third-order valence-electron chi connectivity index (χ3n) is 3.00. The van der Waals surface area contributed by atoms with Crippen LogP contribution in [0.3, 0.4) is 0 Å². The molecule has 0 spiro atoms. The molecule has 1 aliphatic rings. The number of aromatic nitrogens is 3.